The normalized spacial score (nSPS) is 13.8. The number of aromatic nitrogens is 7. The lowest BCUT2D eigenvalue weighted by molar-refractivity contribution is 0.121. The van der Waals surface area contributed by atoms with Crippen molar-refractivity contribution >= 4 is 34.8 Å². The van der Waals surface area contributed by atoms with Crippen LogP contribution in [0.3, 0.4) is 0 Å². The van der Waals surface area contributed by atoms with Crippen LogP contribution in [0.2, 0.25) is 5.02 Å². The number of fused-ring (bicyclic) bond motifs is 1. The van der Waals surface area contributed by atoms with Gasteiger partial charge < -0.3 is 14.5 Å². The highest BCUT2D eigenvalue weighted by molar-refractivity contribution is 6.30. The number of imidazole rings is 1. The molecule has 0 radical (unpaired) electrons. The number of anilines is 2. The number of pyridine rings is 2. The molecule has 1 unspecified atom stereocenters. The second-order valence-electron chi connectivity index (χ2n) is 9.15. The van der Waals surface area contributed by atoms with Gasteiger partial charge >= 0.3 is 6.09 Å². The molecule has 1 aromatic carbocycles. The second kappa shape index (κ2) is 10.1. The number of halogens is 1. The van der Waals surface area contributed by atoms with Crippen molar-refractivity contribution in [2.75, 3.05) is 10.6 Å². The summed E-state index contributed by atoms with van der Waals surface area (Å²) in [5.74, 6) is 1.04. The molecule has 192 valence electrons. The smallest absolute Gasteiger partial charge is 0.413 e. The van der Waals surface area contributed by atoms with Gasteiger partial charge in [0.05, 0.1) is 17.9 Å². The van der Waals surface area contributed by atoms with Gasteiger partial charge in [0.1, 0.15) is 23.9 Å². The van der Waals surface area contributed by atoms with Crippen molar-refractivity contribution in [3.8, 4) is 5.69 Å². The van der Waals surface area contributed by atoms with E-state index in [9.17, 15) is 4.79 Å². The molecule has 1 aliphatic rings. The summed E-state index contributed by atoms with van der Waals surface area (Å²) in [6.45, 7) is 2.27. The van der Waals surface area contributed by atoms with Crippen molar-refractivity contribution in [3.63, 3.8) is 0 Å². The van der Waals surface area contributed by atoms with E-state index in [0.29, 0.717) is 34.6 Å². The first-order chi connectivity index (χ1) is 18.5. The predicted molar refractivity (Wildman–Crippen MR) is 141 cm³/mol. The lowest BCUT2D eigenvalue weighted by Gasteiger charge is -2.17. The molecule has 12 heteroatoms. The van der Waals surface area contributed by atoms with Gasteiger partial charge in [-0.15, -0.1) is 5.10 Å². The average Bonchev–Trinajstić information content (AvgIpc) is 3.45. The van der Waals surface area contributed by atoms with Crippen molar-refractivity contribution in [1.82, 2.24) is 34.6 Å². The Labute approximate surface area is 222 Å². The quantitative estimate of drug-likeness (QED) is 0.282. The molecular weight excluding hydrogens is 506 g/mol. The molecule has 1 aliphatic carbocycles. The van der Waals surface area contributed by atoms with E-state index < -0.39 is 12.2 Å². The minimum absolute atomic E-state index is 0.350. The number of benzene rings is 1. The Morgan fingerprint density at radius 1 is 1.18 bits per heavy atom. The Hall–Kier alpha value is -4.51. The zero-order chi connectivity index (χ0) is 26.1. The number of nitrogens with zero attached hydrogens (tertiary/aromatic N) is 7. The van der Waals surface area contributed by atoms with Crippen LogP contribution in [-0.2, 0) is 11.3 Å². The molecule has 0 bridgehead atoms. The fourth-order valence-corrected chi connectivity index (χ4v) is 4.48. The van der Waals surface area contributed by atoms with Crippen LogP contribution in [-0.4, -0.2) is 40.7 Å². The first-order valence-corrected chi connectivity index (χ1v) is 12.6. The average molecular weight is 530 g/mol. The minimum Gasteiger partial charge on any atom is -0.441 e. The maximum absolute atomic E-state index is 12.7. The largest absolute Gasteiger partial charge is 0.441 e. The first kappa shape index (κ1) is 23.9. The van der Waals surface area contributed by atoms with Crippen molar-refractivity contribution < 1.29 is 9.53 Å². The van der Waals surface area contributed by atoms with Gasteiger partial charge in [-0.05, 0) is 72.0 Å². The molecule has 0 aliphatic heterocycles. The molecule has 11 nitrogen and oxygen atoms in total. The zero-order valence-corrected chi connectivity index (χ0v) is 21.2. The number of nitrogens with one attached hydrogen (secondary N) is 2. The summed E-state index contributed by atoms with van der Waals surface area (Å²) in [5, 5.41) is 17.8. The number of tetrazole rings is 1. The van der Waals surface area contributed by atoms with Gasteiger partial charge in [0, 0.05) is 40.9 Å². The Bertz CT molecular complexity index is 1600. The number of hydrogen-bond donors (Lipinski definition) is 2. The molecule has 6 rings (SSSR count). The number of carbonyl (C=O) groups is 1. The van der Waals surface area contributed by atoms with E-state index in [1.165, 1.54) is 29.4 Å². The minimum atomic E-state index is -0.656. The van der Waals surface area contributed by atoms with Crippen LogP contribution < -0.4 is 10.6 Å². The number of ether oxygens (including phenoxy) is 1. The van der Waals surface area contributed by atoms with Gasteiger partial charge in [0.2, 0.25) is 0 Å². The molecule has 1 atom stereocenters. The summed E-state index contributed by atoms with van der Waals surface area (Å²) in [5.41, 5.74) is 5.29. The summed E-state index contributed by atoms with van der Waals surface area (Å²) >= 11 is 6.18. The summed E-state index contributed by atoms with van der Waals surface area (Å²) < 4.78 is 9.16. The Kier molecular flexibility index (Phi) is 6.34. The summed E-state index contributed by atoms with van der Waals surface area (Å²) in [6.07, 6.45) is 8.51. The molecule has 38 heavy (non-hydrogen) atoms. The molecule has 1 saturated carbocycles. The van der Waals surface area contributed by atoms with E-state index in [2.05, 4.69) is 58.9 Å². The van der Waals surface area contributed by atoms with E-state index in [0.717, 1.165) is 17.0 Å². The third-order valence-electron chi connectivity index (χ3n) is 6.34. The fourth-order valence-electron chi connectivity index (χ4n) is 4.30. The standard InChI is InChI=1S/C26H24ClN9O2/c1-16(22-10-19(27)5-6-23(22)36-15-30-33-34-36)38-26(37)32-24-11-20(8-9-28-24)29-12-21-14-35-13-18(17-2-3-17)4-7-25(35)31-21/h4-11,13-17H,2-3,12H2,1H3,(H2,28,29,32,37). The highest BCUT2D eigenvalue weighted by atomic mass is 35.5. The first-order valence-electron chi connectivity index (χ1n) is 12.2. The van der Waals surface area contributed by atoms with Gasteiger partial charge in [0.25, 0.3) is 0 Å². The lowest BCUT2D eigenvalue weighted by Crippen LogP contribution is -2.18. The Morgan fingerprint density at radius 2 is 2.08 bits per heavy atom. The third-order valence-corrected chi connectivity index (χ3v) is 6.58. The van der Waals surface area contributed by atoms with E-state index in [4.69, 9.17) is 16.3 Å². The maximum Gasteiger partial charge on any atom is 0.413 e. The topological polar surface area (TPSA) is 124 Å². The molecular formula is C26H24ClN9O2. The van der Waals surface area contributed by atoms with Crippen LogP contribution in [0.5, 0.6) is 0 Å². The fraction of sp³-hybridized carbons (Fsp3) is 0.231. The number of carbonyl (C=O) groups excluding carboxylic acids is 1. The van der Waals surface area contributed by atoms with Crippen molar-refractivity contribution in [1.29, 1.82) is 0 Å². The molecule has 0 spiro atoms. The summed E-state index contributed by atoms with van der Waals surface area (Å²) in [7, 11) is 0. The van der Waals surface area contributed by atoms with Crippen LogP contribution in [0.4, 0.5) is 16.3 Å². The van der Waals surface area contributed by atoms with E-state index in [-0.39, 0.29) is 0 Å². The molecule has 4 aromatic heterocycles. The van der Waals surface area contributed by atoms with Gasteiger partial charge in [-0.25, -0.2) is 19.4 Å². The highest BCUT2D eigenvalue weighted by Gasteiger charge is 2.24. The lowest BCUT2D eigenvalue weighted by atomic mass is 10.1. The van der Waals surface area contributed by atoms with E-state index in [1.54, 1.807) is 37.4 Å². The molecule has 5 aromatic rings. The van der Waals surface area contributed by atoms with Crippen LogP contribution in [0, 0.1) is 0 Å². The second-order valence-corrected chi connectivity index (χ2v) is 9.58. The maximum atomic E-state index is 12.7. The number of amides is 1. The third kappa shape index (κ3) is 5.28. The van der Waals surface area contributed by atoms with Gasteiger partial charge in [-0.1, -0.05) is 17.7 Å². The van der Waals surface area contributed by atoms with Crippen LogP contribution in [0.1, 0.15) is 48.6 Å². The zero-order valence-electron chi connectivity index (χ0n) is 20.5. The Morgan fingerprint density at radius 3 is 2.89 bits per heavy atom. The predicted octanol–water partition coefficient (Wildman–Crippen LogP) is 5.16. The van der Waals surface area contributed by atoms with Gasteiger partial charge in [-0.3, -0.25) is 5.32 Å². The number of rotatable bonds is 8. The Balaban J connectivity index is 1.09. The molecule has 2 N–H and O–H groups in total. The van der Waals surface area contributed by atoms with Crippen LogP contribution in [0.25, 0.3) is 11.3 Å². The van der Waals surface area contributed by atoms with E-state index >= 15 is 0 Å². The molecule has 4 heterocycles. The highest BCUT2D eigenvalue weighted by Crippen LogP contribution is 2.39. The monoisotopic (exact) mass is 529 g/mol. The van der Waals surface area contributed by atoms with Crippen molar-refractivity contribution in [3.05, 3.63) is 89.2 Å². The molecule has 1 amide bonds. The SMILES string of the molecule is CC(OC(=O)Nc1cc(NCc2cn3cc(C4CC4)ccc3n2)ccn1)c1cc(Cl)ccc1-n1cnnn1. The van der Waals surface area contributed by atoms with Crippen LogP contribution >= 0.6 is 11.6 Å². The molecule has 1 fully saturated rings. The van der Waals surface area contributed by atoms with Crippen LogP contribution in [0.15, 0.2) is 67.4 Å². The van der Waals surface area contributed by atoms with Crippen molar-refractivity contribution in [2.45, 2.75) is 38.3 Å². The van der Waals surface area contributed by atoms with Gasteiger partial charge in [-0.2, -0.15) is 0 Å². The van der Waals surface area contributed by atoms with Gasteiger partial charge in [0.15, 0.2) is 0 Å². The van der Waals surface area contributed by atoms with E-state index in [1.807, 2.05) is 12.3 Å². The number of hydrogen-bond acceptors (Lipinski definition) is 8. The summed E-state index contributed by atoms with van der Waals surface area (Å²) in [6, 6.07) is 13.0. The molecule has 0 saturated heterocycles. The van der Waals surface area contributed by atoms with Crippen molar-refractivity contribution in [2.24, 2.45) is 0 Å². The summed E-state index contributed by atoms with van der Waals surface area (Å²) in [4.78, 5) is 21.6.